The zero-order valence-corrected chi connectivity index (χ0v) is 11.7. The van der Waals surface area contributed by atoms with Crippen molar-refractivity contribution in [1.82, 2.24) is 15.0 Å². The highest BCUT2D eigenvalue weighted by Gasteiger charge is 2.03. The Bertz CT molecular complexity index is 504. The number of ether oxygens (including phenoxy) is 2. The molecule has 0 aliphatic rings. The van der Waals surface area contributed by atoms with Crippen molar-refractivity contribution >= 4 is 5.95 Å². The van der Waals surface area contributed by atoms with Crippen molar-refractivity contribution in [1.29, 1.82) is 0 Å². The molecule has 0 unspecified atom stereocenters. The standard InChI is InChI=1S/C14H18N4O2/c1-3-19-12-4-6-13(7-5-12)20-9-8-18(2)14-16-10-15-11-17-14/h4-7,10-11H,3,8-9H2,1-2H3. The van der Waals surface area contributed by atoms with Crippen LogP contribution in [-0.2, 0) is 0 Å². The quantitative estimate of drug-likeness (QED) is 0.767. The van der Waals surface area contributed by atoms with Gasteiger partial charge in [-0.2, -0.15) is 0 Å². The molecule has 20 heavy (non-hydrogen) atoms. The van der Waals surface area contributed by atoms with Gasteiger partial charge in [-0.25, -0.2) is 15.0 Å². The fourth-order valence-electron chi connectivity index (χ4n) is 1.63. The number of aromatic nitrogens is 3. The Morgan fingerprint density at radius 3 is 2.20 bits per heavy atom. The average Bonchev–Trinajstić information content (AvgIpc) is 2.50. The number of hydrogen-bond acceptors (Lipinski definition) is 6. The van der Waals surface area contributed by atoms with Crippen molar-refractivity contribution in [2.75, 3.05) is 31.7 Å². The van der Waals surface area contributed by atoms with Gasteiger partial charge in [-0.15, -0.1) is 0 Å². The van der Waals surface area contributed by atoms with Gasteiger partial charge in [0.1, 0.15) is 30.8 Å². The van der Waals surface area contributed by atoms with Crippen LogP contribution >= 0.6 is 0 Å². The summed E-state index contributed by atoms with van der Waals surface area (Å²) in [5, 5.41) is 0. The second-order valence-corrected chi connectivity index (χ2v) is 4.11. The van der Waals surface area contributed by atoms with Crippen molar-refractivity contribution < 1.29 is 9.47 Å². The number of anilines is 1. The van der Waals surface area contributed by atoms with Crippen molar-refractivity contribution in [2.45, 2.75) is 6.92 Å². The predicted octanol–water partition coefficient (Wildman–Crippen LogP) is 1.79. The van der Waals surface area contributed by atoms with Crippen LogP contribution in [0.3, 0.4) is 0 Å². The minimum atomic E-state index is 0.552. The lowest BCUT2D eigenvalue weighted by molar-refractivity contribution is 0.321. The molecule has 0 aliphatic heterocycles. The topological polar surface area (TPSA) is 60.4 Å². The molecular weight excluding hydrogens is 256 g/mol. The van der Waals surface area contributed by atoms with Crippen LogP contribution in [-0.4, -0.2) is 41.8 Å². The fourth-order valence-corrected chi connectivity index (χ4v) is 1.63. The van der Waals surface area contributed by atoms with Crippen LogP contribution in [0, 0.1) is 0 Å². The zero-order chi connectivity index (χ0) is 14.2. The summed E-state index contributed by atoms with van der Waals surface area (Å²) < 4.78 is 11.0. The van der Waals surface area contributed by atoms with E-state index in [1.165, 1.54) is 12.7 Å². The fraction of sp³-hybridized carbons (Fsp3) is 0.357. The number of rotatable bonds is 7. The maximum Gasteiger partial charge on any atom is 0.228 e. The first-order chi connectivity index (χ1) is 9.79. The molecule has 0 amide bonds. The minimum absolute atomic E-state index is 0.552. The number of hydrogen-bond donors (Lipinski definition) is 0. The van der Waals surface area contributed by atoms with Crippen LogP contribution < -0.4 is 14.4 Å². The summed E-state index contributed by atoms with van der Waals surface area (Å²) in [6, 6.07) is 7.59. The lowest BCUT2D eigenvalue weighted by Gasteiger charge is -2.16. The van der Waals surface area contributed by atoms with Crippen LogP contribution in [0.15, 0.2) is 36.9 Å². The lowest BCUT2D eigenvalue weighted by Crippen LogP contribution is -2.25. The van der Waals surface area contributed by atoms with E-state index in [4.69, 9.17) is 9.47 Å². The normalized spacial score (nSPS) is 10.1. The zero-order valence-electron chi connectivity index (χ0n) is 11.7. The third kappa shape index (κ3) is 4.08. The third-order valence-electron chi connectivity index (χ3n) is 2.65. The molecule has 0 aliphatic carbocycles. The van der Waals surface area contributed by atoms with Crippen LogP contribution in [0.4, 0.5) is 5.95 Å². The first kappa shape index (κ1) is 14.0. The molecule has 1 heterocycles. The summed E-state index contributed by atoms with van der Waals surface area (Å²) in [6.45, 7) is 3.87. The van der Waals surface area contributed by atoms with Crippen molar-refractivity contribution in [3.8, 4) is 11.5 Å². The predicted molar refractivity (Wildman–Crippen MR) is 76.2 cm³/mol. The van der Waals surface area contributed by atoms with Gasteiger partial charge in [0, 0.05) is 7.05 Å². The van der Waals surface area contributed by atoms with E-state index in [0.29, 0.717) is 25.7 Å². The molecule has 0 saturated carbocycles. The molecule has 0 radical (unpaired) electrons. The van der Waals surface area contributed by atoms with Gasteiger partial charge in [-0.3, -0.25) is 0 Å². The number of benzene rings is 1. The average molecular weight is 274 g/mol. The smallest absolute Gasteiger partial charge is 0.228 e. The van der Waals surface area contributed by atoms with Gasteiger partial charge < -0.3 is 14.4 Å². The van der Waals surface area contributed by atoms with Gasteiger partial charge in [0.2, 0.25) is 5.95 Å². The molecule has 6 nitrogen and oxygen atoms in total. The minimum Gasteiger partial charge on any atom is -0.494 e. The van der Waals surface area contributed by atoms with E-state index in [2.05, 4.69) is 15.0 Å². The van der Waals surface area contributed by atoms with Crippen LogP contribution in [0.1, 0.15) is 6.92 Å². The summed E-state index contributed by atoms with van der Waals surface area (Å²) in [5.74, 6) is 2.30. The van der Waals surface area contributed by atoms with Gasteiger partial charge in [0.05, 0.1) is 13.2 Å². The van der Waals surface area contributed by atoms with Crippen molar-refractivity contribution in [2.24, 2.45) is 0 Å². The first-order valence-electron chi connectivity index (χ1n) is 6.48. The van der Waals surface area contributed by atoms with Gasteiger partial charge in [-0.05, 0) is 31.2 Å². The van der Waals surface area contributed by atoms with Crippen LogP contribution in [0.5, 0.6) is 11.5 Å². The second kappa shape index (κ2) is 7.28. The summed E-state index contributed by atoms with van der Waals surface area (Å²) in [7, 11) is 1.91. The molecule has 0 atom stereocenters. The monoisotopic (exact) mass is 274 g/mol. The molecule has 0 spiro atoms. The molecule has 0 N–H and O–H groups in total. The second-order valence-electron chi connectivity index (χ2n) is 4.11. The number of likely N-dealkylation sites (N-methyl/N-ethyl adjacent to an activating group) is 1. The highest BCUT2D eigenvalue weighted by molar-refractivity contribution is 5.31. The van der Waals surface area contributed by atoms with Gasteiger partial charge >= 0.3 is 0 Å². The Labute approximate surface area is 118 Å². The molecular formula is C14H18N4O2. The van der Waals surface area contributed by atoms with E-state index in [0.717, 1.165) is 11.5 Å². The lowest BCUT2D eigenvalue weighted by atomic mass is 10.3. The van der Waals surface area contributed by atoms with Gasteiger partial charge in [-0.1, -0.05) is 0 Å². The number of nitrogens with zero attached hydrogens (tertiary/aromatic N) is 4. The summed E-state index contributed by atoms with van der Waals surface area (Å²) in [4.78, 5) is 13.8. The Hall–Kier alpha value is -2.37. The van der Waals surface area contributed by atoms with E-state index < -0.39 is 0 Å². The van der Waals surface area contributed by atoms with Crippen molar-refractivity contribution in [3.63, 3.8) is 0 Å². The van der Waals surface area contributed by atoms with E-state index >= 15 is 0 Å². The third-order valence-corrected chi connectivity index (χ3v) is 2.65. The molecule has 106 valence electrons. The van der Waals surface area contributed by atoms with E-state index in [1.54, 1.807) is 0 Å². The van der Waals surface area contributed by atoms with Gasteiger partial charge in [0.25, 0.3) is 0 Å². The SMILES string of the molecule is CCOc1ccc(OCCN(C)c2ncncn2)cc1. The van der Waals surface area contributed by atoms with Crippen LogP contribution in [0.25, 0.3) is 0 Å². The highest BCUT2D eigenvalue weighted by atomic mass is 16.5. The molecule has 0 bridgehead atoms. The Kier molecular flexibility index (Phi) is 5.11. The maximum atomic E-state index is 5.66. The summed E-state index contributed by atoms with van der Waals surface area (Å²) in [6.07, 6.45) is 2.96. The molecule has 6 heteroatoms. The van der Waals surface area contributed by atoms with E-state index in [-0.39, 0.29) is 0 Å². The Morgan fingerprint density at radius 2 is 1.60 bits per heavy atom. The van der Waals surface area contributed by atoms with Crippen LogP contribution in [0.2, 0.25) is 0 Å². The molecule has 2 aromatic rings. The molecule has 0 fully saturated rings. The molecule has 1 aromatic carbocycles. The van der Waals surface area contributed by atoms with E-state index in [9.17, 15) is 0 Å². The summed E-state index contributed by atoms with van der Waals surface area (Å²) in [5.41, 5.74) is 0. The largest absolute Gasteiger partial charge is 0.494 e. The Balaban J connectivity index is 1.78. The first-order valence-corrected chi connectivity index (χ1v) is 6.48. The summed E-state index contributed by atoms with van der Waals surface area (Å²) >= 11 is 0. The van der Waals surface area contributed by atoms with Crippen molar-refractivity contribution in [3.05, 3.63) is 36.9 Å². The van der Waals surface area contributed by atoms with Gasteiger partial charge in [0.15, 0.2) is 0 Å². The maximum absolute atomic E-state index is 5.66. The van der Waals surface area contributed by atoms with E-state index in [1.807, 2.05) is 43.1 Å². The highest BCUT2D eigenvalue weighted by Crippen LogP contribution is 2.17. The molecule has 1 aromatic heterocycles. The molecule has 0 saturated heterocycles. The Morgan fingerprint density at radius 1 is 1.00 bits per heavy atom. The molecule has 2 rings (SSSR count).